The first-order chi connectivity index (χ1) is 10.7. The predicted molar refractivity (Wildman–Crippen MR) is 92.1 cm³/mol. The maximum atomic E-state index is 5.78. The number of benzene rings is 2. The van der Waals surface area contributed by atoms with Crippen LogP contribution in [0.3, 0.4) is 0 Å². The second-order valence-electron chi connectivity index (χ2n) is 4.14. The van der Waals surface area contributed by atoms with Crippen LogP contribution in [-0.4, -0.2) is 15.0 Å². The van der Waals surface area contributed by atoms with Crippen LogP contribution in [0.2, 0.25) is 10.6 Å². The Hall–Kier alpha value is -1.97. The van der Waals surface area contributed by atoms with E-state index in [0.717, 1.165) is 16.7 Å². The van der Waals surface area contributed by atoms with Crippen molar-refractivity contribution in [2.45, 2.75) is 13.8 Å². The van der Waals surface area contributed by atoms with Gasteiger partial charge in [0.25, 0.3) is 0 Å². The van der Waals surface area contributed by atoms with Crippen molar-refractivity contribution in [1.29, 1.82) is 0 Å². The van der Waals surface area contributed by atoms with Crippen molar-refractivity contribution < 1.29 is 0 Å². The van der Waals surface area contributed by atoms with E-state index in [1.165, 1.54) is 0 Å². The number of halogens is 2. The van der Waals surface area contributed by atoms with Crippen molar-refractivity contribution in [3.63, 3.8) is 0 Å². The molecule has 5 heteroatoms. The zero-order chi connectivity index (χ0) is 15.9. The molecule has 0 radical (unpaired) electrons. The molecular formula is C17H15Cl2N3. The van der Waals surface area contributed by atoms with E-state index < -0.39 is 0 Å². The number of rotatable bonds is 2. The molecule has 0 aliphatic carbocycles. The van der Waals surface area contributed by atoms with Gasteiger partial charge in [-0.3, -0.25) is 0 Å². The zero-order valence-electron chi connectivity index (χ0n) is 12.3. The number of hydrogen-bond acceptors (Lipinski definition) is 3. The molecule has 0 amide bonds. The van der Waals surface area contributed by atoms with Gasteiger partial charge in [-0.15, -0.1) is 0 Å². The van der Waals surface area contributed by atoms with Crippen LogP contribution >= 0.6 is 23.2 Å². The Morgan fingerprint density at radius 1 is 0.591 bits per heavy atom. The Kier molecular flexibility index (Phi) is 5.87. The second kappa shape index (κ2) is 7.87. The summed E-state index contributed by atoms with van der Waals surface area (Å²) in [6.07, 6.45) is 0. The van der Waals surface area contributed by atoms with Crippen LogP contribution in [0.1, 0.15) is 13.8 Å². The maximum absolute atomic E-state index is 5.78. The normalized spacial score (nSPS) is 9.82. The summed E-state index contributed by atoms with van der Waals surface area (Å²) in [5.74, 6) is 0.467. The van der Waals surface area contributed by atoms with E-state index in [-0.39, 0.29) is 10.6 Å². The number of hydrogen-bond donors (Lipinski definition) is 0. The lowest BCUT2D eigenvalue weighted by Crippen LogP contribution is -1.93. The molecular weight excluding hydrogens is 317 g/mol. The lowest BCUT2D eigenvalue weighted by Gasteiger charge is -2.04. The predicted octanol–water partition coefficient (Wildman–Crippen LogP) is 5.54. The molecule has 0 unspecified atom stereocenters. The van der Waals surface area contributed by atoms with E-state index in [9.17, 15) is 0 Å². The minimum atomic E-state index is 0.0899. The highest BCUT2D eigenvalue weighted by Crippen LogP contribution is 2.23. The minimum absolute atomic E-state index is 0.0899. The molecule has 112 valence electrons. The van der Waals surface area contributed by atoms with Gasteiger partial charge in [0.05, 0.1) is 0 Å². The molecule has 0 spiro atoms. The van der Waals surface area contributed by atoms with Crippen molar-refractivity contribution >= 4 is 23.2 Å². The lowest BCUT2D eigenvalue weighted by molar-refractivity contribution is 1.06. The van der Waals surface area contributed by atoms with E-state index in [1.54, 1.807) is 0 Å². The fourth-order valence-electron chi connectivity index (χ4n) is 1.90. The molecule has 0 saturated heterocycles. The molecule has 2 aromatic carbocycles. The Bertz CT molecular complexity index is 708. The van der Waals surface area contributed by atoms with Gasteiger partial charge in [0.1, 0.15) is 0 Å². The highest BCUT2D eigenvalue weighted by Gasteiger charge is 2.06. The standard InChI is InChI=1S/C15H9Cl2N3.C2H6/c16-14-18-13(19-15(17)20-14)12-8-6-11(7-9-12)10-4-2-1-3-5-10;1-2/h1-9H;1-2H3. The fraction of sp³-hybridized carbons (Fsp3) is 0.118. The maximum Gasteiger partial charge on any atom is 0.227 e. The van der Waals surface area contributed by atoms with Crippen LogP contribution in [0.4, 0.5) is 0 Å². The topological polar surface area (TPSA) is 38.7 Å². The minimum Gasteiger partial charge on any atom is -0.198 e. The van der Waals surface area contributed by atoms with Crippen LogP contribution in [-0.2, 0) is 0 Å². The van der Waals surface area contributed by atoms with Crippen LogP contribution in [0.15, 0.2) is 54.6 Å². The van der Waals surface area contributed by atoms with Crippen LogP contribution in [0, 0.1) is 0 Å². The van der Waals surface area contributed by atoms with Gasteiger partial charge in [-0.1, -0.05) is 68.4 Å². The van der Waals surface area contributed by atoms with Crippen molar-refractivity contribution in [2.24, 2.45) is 0 Å². The summed E-state index contributed by atoms with van der Waals surface area (Å²) in [4.78, 5) is 11.9. The summed E-state index contributed by atoms with van der Waals surface area (Å²) in [5, 5.41) is 0.180. The molecule has 0 N–H and O–H groups in total. The van der Waals surface area contributed by atoms with Gasteiger partial charge in [0, 0.05) is 5.56 Å². The zero-order valence-corrected chi connectivity index (χ0v) is 13.8. The van der Waals surface area contributed by atoms with E-state index in [2.05, 4.69) is 27.1 Å². The average Bonchev–Trinajstić information content (AvgIpc) is 2.57. The van der Waals surface area contributed by atoms with Gasteiger partial charge < -0.3 is 0 Å². The molecule has 0 saturated carbocycles. The second-order valence-corrected chi connectivity index (χ2v) is 4.82. The van der Waals surface area contributed by atoms with E-state index in [0.29, 0.717) is 5.82 Å². The summed E-state index contributed by atoms with van der Waals surface area (Å²) in [7, 11) is 0. The van der Waals surface area contributed by atoms with Gasteiger partial charge >= 0.3 is 0 Å². The Balaban J connectivity index is 0.000000847. The number of aromatic nitrogens is 3. The van der Waals surface area contributed by atoms with Crippen LogP contribution in [0.5, 0.6) is 0 Å². The van der Waals surface area contributed by atoms with Crippen LogP contribution < -0.4 is 0 Å². The van der Waals surface area contributed by atoms with Gasteiger partial charge in [-0.05, 0) is 34.3 Å². The molecule has 0 atom stereocenters. The summed E-state index contributed by atoms with van der Waals surface area (Å²) in [6, 6.07) is 18.0. The van der Waals surface area contributed by atoms with Crippen molar-refractivity contribution in [3.05, 3.63) is 65.2 Å². The summed E-state index contributed by atoms with van der Waals surface area (Å²) < 4.78 is 0. The molecule has 3 rings (SSSR count). The SMILES string of the molecule is CC.Clc1nc(Cl)nc(-c2ccc(-c3ccccc3)cc2)n1. The van der Waals surface area contributed by atoms with Crippen molar-refractivity contribution in [3.8, 4) is 22.5 Å². The first-order valence-corrected chi connectivity index (χ1v) is 7.71. The molecule has 0 bridgehead atoms. The van der Waals surface area contributed by atoms with Gasteiger partial charge in [0.2, 0.25) is 10.6 Å². The molecule has 1 aromatic heterocycles. The highest BCUT2D eigenvalue weighted by molar-refractivity contribution is 6.31. The molecule has 0 fully saturated rings. The molecule has 0 aliphatic rings. The third kappa shape index (κ3) is 4.03. The Morgan fingerprint density at radius 3 is 1.59 bits per heavy atom. The largest absolute Gasteiger partial charge is 0.227 e. The molecule has 0 aliphatic heterocycles. The summed E-state index contributed by atoms with van der Waals surface area (Å²) in [5.41, 5.74) is 3.13. The molecule has 1 heterocycles. The average molecular weight is 332 g/mol. The fourth-order valence-corrected chi connectivity index (χ4v) is 2.26. The van der Waals surface area contributed by atoms with E-state index in [1.807, 2.05) is 56.3 Å². The first kappa shape index (κ1) is 16.4. The summed E-state index contributed by atoms with van der Waals surface area (Å²) >= 11 is 11.6. The third-order valence-corrected chi connectivity index (χ3v) is 3.17. The van der Waals surface area contributed by atoms with Crippen molar-refractivity contribution in [2.75, 3.05) is 0 Å². The smallest absolute Gasteiger partial charge is 0.198 e. The summed E-state index contributed by atoms with van der Waals surface area (Å²) in [6.45, 7) is 4.00. The van der Waals surface area contributed by atoms with E-state index in [4.69, 9.17) is 23.2 Å². The van der Waals surface area contributed by atoms with E-state index >= 15 is 0 Å². The highest BCUT2D eigenvalue weighted by atomic mass is 35.5. The van der Waals surface area contributed by atoms with Crippen molar-refractivity contribution in [1.82, 2.24) is 15.0 Å². The quantitative estimate of drug-likeness (QED) is 0.618. The monoisotopic (exact) mass is 331 g/mol. The molecule has 3 nitrogen and oxygen atoms in total. The van der Waals surface area contributed by atoms with Crippen LogP contribution in [0.25, 0.3) is 22.5 Å². The Morgan fingerprint density at radius 2 is 1.05 bits per heavy atom. The lowest BCUT2D eigenvalue weighted by atomic mass is 10.0. The van der Waals surface area contributed by atoms with Gasteiger partial charge in [-0.25, -0.2) is 0 Å². The van der Waals surface area contributed by atoms with Gasteiger partial charge in [-0.2, -0.15) is 15.0 Å². The van der Waals surface area contributed by atoms with Gasteiger partial charge in [0.15, 0.2) is 5.82 Å². The first-order valence-electron chi connectivity index (χ1n) is 6.95. The Labute approximate surface area is 140 Å². The molecule has 22 heavy (non-hydrogen) atoms. The molecule has 3 aromatic rings. The third-order valence-electron chi connectivity index (χ3n) is 2.83. The number of nitrogens with zero attached hydrogens (tertiary/aromatic N) is 3.